The van der Waals surface area contributed by atoms with Crippen molar-refractivity contribution in [1.82, 2.24) is 9.97 Å². The van der Waals surface area contributed by atoms with Gasteiger partial charge in [-0.15, -0.1) is 11.8 Å². The lowest BCUT2D eigenvalue weighted by molar-refractivity contribution is 0.895. The van der Waals surface area contributed by atoms with Gasteiger partial charge in [0.15, 0.2) is 0 Å². The van der Waals surface area contributed by atoms with Crippen molar-refractivity contribution in [2.24, 2.45) is 0 Å². The molecule has 3 nitrogen and oxygen atoms in total. The lowest BCUT2D eigenvalue weighted by atomic mass is 10.2. The van der Waals surface area contributed by atoms with Crippen molar-refractivity contribution in [2.45, 2.75) is 24.3 Å². The molecule has 1 aliphatic carbocycles. The minimum Gasteiger partial charge on any atom is -0.309 e. The molecule has 20 heavy (non-hydrogen) atoms. The minimum atomic E-state index is -0.222. The smallest absolute Gasteiger partial charge is 0.309 e. The summed E-state index contributed by atoms with van der Waals surface area (Å²) < 4.78 is 0. The van der Waals surface area contributed by atoms with E-state index in [2.05, 4.69) is 34.3 Å². The molecule has 1 aliphatic rings. The first-order chi connectivity index (χ1) is 9.83. The molecular formula is C16H16N2OS. The summed E-state index contributed by atoms with van der Waals surface area (Å²) in [5.41, 5.74) is 3.29. The van der Waals surface area contributed by atoms with Gasteiger partial charge < -0.3 is 4.98 Å². The van der Waals surface area contributed by atoms with Crippen LogP contribution in [0.25, 0.3) is 6.08 Å². The van der Waals surface area contributed by atoms with E-state index in [1.807, 2.05) is 18.2 Å². The van der Waals surface area contributed by atoms with Crippen LogP contribution in [0.3, 0.4) is 0 Å². The summed E-state index contributed by atoms with van der Waals surface area (Å²) in [5.74, 6) is 0.831. The Labute approximate surface area is 122 Å². The van der Waals surface area contributed by atoms with Crippen molar-refractivity contribution in [1.29, 1.82) is 0 Å². The van der Waals surface area contributed by atoms with Crippen molar-refractivity contribution >= 4 is 17.8 Å². The molecule has 0 saturated heterocycles. The van der Waals surface area contributed by atoms with E-state index < -0.39 is 0 Å². The minimum absolute atomic E-state index is 0.222. The van der Waals surface area contributed by atoms with Crippen LogP contribution in [0.2, 0.25) is 0 Å². The van der Waals surface area contributed by atoms with E-state index in [4.69, 9.17) is 0 Å². The SMILES string of the molecule is O=c1nc(SC/C=C/c2ccccc2)c2c([nH]1)CCC2. The van der Waals surface area contributed by atoms with Crippen LogP contribution in [0, 0.1) is 0 Å². The molecule has 0 fully saturated rings. The molecule has 1 N–H and O–H groups in total. The predicted molar refractivity (Wildman–Crippen MR) is 83.1 cm³/mol. The van der Waals surface area contributed by atoms with Gasteiger partial charge >= 0.3 is 5.69 Å². The van der Waals surface area contributed by atoms with Crippen molar-refractivity contribution in [3.05, 3.63) is 63.7 Å². The largest absolute Gasteiger partial charge is 0.346 e. The maximum atomic E-state index is 11.5. The maximum Gasteiger partial charge on any atom is 0.346 e. The third-order valence-corrected chi connectivity index (χ3v) is 4.33. The summed E-state index contributed by atoms with van der Waals surface area (Å²) in [6.07, 6.45) is 7.33. The number of nitrogens with one attached hydrogen (secondary N) is 1. The second kappa shape index (κ2) is 6.09. The van der Waals surface area contributed by atoms with Crippen LogP contribution in [-0.2, 0) is 12.8 Å². The van der Waals surface area contributed by atoms with E-state index in [1.54, 1.807) is 11.8 Å². The molecule has 0 bridgehead atoms. The zero-order chi connectivity index (χ0) is 13.8. The van der Waals surface area contributed by atoms with Gasteiger partial charge in [-0.25, -0.2) is 4.79 Å². The van der Waals surface area contributed by atoms with Crippen LogP contribution >= 0.6 is 11.8 Å². The fourth-order valence-electron chi connectivity index (χ4n) is 2.43. The number of nitrogens with zero attached hydrogens (tertiary/aromatic N) is 1. The molecule has 0 radical (unpaired) electrons. The first kappa shape index (κ1) is 13.2. The van der Waals surface area contributed by atoms with Crippen LogP contribution in [0.1, 0.15) is 23.2 Å². The van der Waals surface area contributed by atoms with E-state index in [9.17, 15) is 4.79 Å². The van der Waals surface area contributed by atoms with E-state index in [0.29, 0.717) is 0 Å². The molecule has 0 saturated carbocycles. The van der Waals surface area contributed by atoms with E-state index in [0.717, 1.165) is 35.7 Å². The fourth-order valence-corrected chi connectivity index (χ4v) is 3.33. The van der Waals surface area contributed by atoms with Crippen molar-refractivity contribution < 1.29 is 0 Å². The Bertz CT molecular complexity index is 677. The number of benzene rings is 1. The molecule has 0 aliphatic heterocycles. The molecule has 2 aromatic rings. The van der Waals surface area contributed by atoms with Crippen molar-refractivity contribution in [2.75, 3.05) is 5.75 Å². The third-order valence-electron chi connectivity index (χ3n) is 3.36. The number of aromatic amines is 1. The topological polar surface area (TPSA) is 45.8 Å². The molecule has 4 heteroatoms. The van der Waals surface area contributed by atoms with Gasteiger partial charge in [0, 0.05) is 17.0 Å². The number of hydrogen-bond acceptors (Lipinski definition) is 3. The van der Waals surface area contributed by atoms with Crippen LogP contribution in [0.4, 0.5) is 0 Å². The summed E-state index contributed by atoms with van der Waals surface area (Å²) in [7, 11) is 0. The molecule has 0 atom stereocenters. The summed E-state index contributed by atoms with van der Waals surface area (Å²) in [6, 6.07) is 10.2. The number of hydrogen-bond donors (Lipinski definition) is 1. The molecular weight excluding hydrogens is 268 g/mol. The average molecular weight is 284 g/mol. The number of aryl methyl sites for hydroxylation is 1. The molecule has 102 valence electrons. The summed E-state index contributed by atoms with van der Waals surface area (Å²) in [5, 5.41) is 0.902. The Balaban J connectivity index is 1.68. The molecule has 3 rings (SSSR count). The Morgan fingerprint density at radius 1 is 1.25 bits per heavy atom. The monoisotopic (exact) mass is 284 g/mol. The molecule has 1 heterocycles. The van der Waals surface area contributed by atoms with Crippen molar-refractivity contribution in [3.63, 3.8) is 0 Å². The summed E-state index contributed by atoms with van der Waals surface area (Å²) in [6.45, 7) is 0. The third kappa shape index (κ3) is 3.02. The Morgan fingerprint density at radius 2 is 2.10 bits per heavy atom. The highest BCUT2D eigenvalue weighted by Crippen LogP contribution is 2.27. The van der Waals surface area contributed by atoms with Gasteiger partial charge in [0.05, 0.1) is 0 Å². The molecule has 0 amide bonds. The van der Waals surface area contributed by atoms with Crippen LogP contribution in [0.5, 0.6) is 0 Å². The number of H-pyrrole nitrogens is 1. The zero-order valence-electron chi connectivity index (χ0n) is 11.1. The lowest BCUT2D eigenvalue weighted by Gasteiger charge is -2.04. The first-order valence-corrected chi connectivity index (χ1v) is 7.78. The van der Waals surface area contributed by atoms with E-state index >= 15 is 0 Å². The maximum absolute atomic E-state index is 11.5. The standard InChI is InChI=1S/C16H16N2OS/c19-16-17-14-10-4-9-13(14)15(18-16)20-11-5-8-12-6-2-1-3-7-12/h1-3,5-8H,4,9-11H2,(H,17,18,19)/b8-5+. The Kier molecular flexibility index (Phi) is 4.02. The Hall–Kier alpha value is -1.81. The molecule has 0 spiro atoms. The summed E-state index contributed by atoms with van der Waals surface area (Å²) >= 11 is 1.64. The van der Waals surface area contributed by atoms with Crippen LogP contribution < -0.4 is 5.69 Å². The van der Waals surface area contributed by atoms with Crippen molar-refractivity contribution in [3.8, 4) is 0 Å². The van der Waals surface area contributed by atoms with E-state index in [1.165, 1.54) is 11.1 Å². The van der Waals surface area contributed by atoms with Gasteiger partial charge in [-0.05, 0) is 24.8 Å². The average Bonchev–Trinajstić information content (AvgIpc) is 2.92. The zero-order valence-corrected chi connectivity index (χ0v) is 12.0. The normalized spacial score (nSPS) is 13.8. The number of rotatable bonds is 4. The highest BCUT2D eigenvalue weighted by atomic mass is 32.2. The van der Waals surface area contributed by atoms with Crippen LogP contribution in [0.15, 0.2) is 46.2 Å². The first-order valence-electron chi connectivity index (χ1n) is 6.79. The highest BCUT2D eigenvalue weighted by molar-refractivity contribution is 7.99. The second-order valence-corrected chi connectivity index (χ2v) is 5.79. The molecule has 0 unspecified atom stereocenters. The second-order valence-electron chi connectivity index (χ2n) is 4.78. The summed E-state index contributed by atoms with van der Waals surface area (Å²) in [4.78, 5) is 18.5. The van der Waals surface area contributed by atoms with E-state index in [-0.39, 0.29) is 5.69 Å². The van der Waals surface area contributed by atoms with Gasteiger partial charge in [-0.3, -0.25) is 0 Å². The predicted octanol–water partition coefficient (Wildman–Crippen LogP) is 3.06. The molecule has 1 aromatic heterocycles. The van der Waals surface area contributed by atoms with Gasteiger partial charge in [-0.2, -0.15) is 4.98 Å². The van der Waals surface area contributed by atoms with Gasteiger partial charge in [-0.1, -0.05) is 42.5 Å². The molecule has 1 aromatic carbocycles. The number of fused-ring (bicyclic) bond motifs is 1. The Morgan fingerprint density at radius 3 is 2.95 bits per heavy atom. The fraction of sp³-hybridized carbons (Fsp3) is 0.250. The van der Waals surface area contributed by atoms with Gasteiger partial charge in [0.1, 0.15) is 5.03 Å². The highest BCUT2D eigenvalue weighted by Gasteiger charge is 2.17. The quantitative estimate of drug-likeness (QED) is 0.693. The number of thioether (sulfide) groups is 1. The van der Waals surface area contributed by atoms with Crippen LogP contribution in [-0.4, -0.2) is 15.7 Å². The van der Waals surface area contributed by atoms with Gasteiger partial charge in [0.25, 0.3) is 0 Å². The van der Waals surface area contributed by atoms with Gasteiger partial charge in [0.2, 0.25) is 0 Å². The lowest BCUT2D eigenvalue weighted by Crippen LogP contribution is -2.14. The number of aromatic nitrogens is 2.